The maximum absolute atomic E-state index is 5.26. The summed E-state index contributed by atoms with van der Waals surface area (Å²) in [5, 5.41) is 6.98. The lowest BCUT2D eigenvalue weighted by Crippen LogP contribution is -2.36. The molecule has 0 unspecified atom stereocenters. The van der Waals surface area contributed by atoms with E-state index < -0.39 is 0 Å². The molecule has 4 heteroatoms. The molecule has 0 bridgehead atoms. The van der Waals surface area contributed by atoms with Gasteiger partial charge in [-0.25, -0.2) is 0 Å². The Bertz CT molecular complexity index is 254. The van der Waals surface area contributed by atoms with Crippen LogP contribution in [0.25, 0.3) is 0 Å². The third-order valence-corrected chi connectivity index (χ3v) is 2.13. The number of aromatic nitrogens is 2. The van der Waals surface area contributed by atoms with Crippen molar-refractivity contribution in [3.63, 3.8) is 0 Å². The number of nitrogens with zero attached hydrogens (tertiary/aromatic N) is 2. The van der Waals surface area contributed by atoms with Crippen LogP contribution in [0.4, 0.5) is 5.82 Å². The number of H-pyrrole nitrogens is 1. The first-order valence-corrected chi connectivity index (χ1v) is 5.20. The zero-order valence-electron chi connectivity index (χ0n) is 9.21. The molecule has 0 spiro atoms. The fraction of sp³-hybridized carbons (Fsp3) is 0.700. The lowest BCUT2D eigenvalue weighted by molar-refractivity contribution is 0.122. The number of nitrogens with one attached hydrogen (secondary N) is 1. The van der Waals surface area contributed by atoms with Crippen molar-refractivity contribution in [2.24, 2.45) is 0 Å². The number of hydrogen-bond donors (Lipinski definition) is 1. The number of ether oxygens (including phenoxy) is 1. The average molecular weight is 197 g/mol. The molecule has 1 fully saturated rings. The molecule has 0 aromatic carbocycles. The Morgan fingerprint density at radius 1 is 1.36 bits per heavy atom. The maximum Gasteiger partial charge on any atom is 0.127 e. The zero-order chi connectivity index (χ0) is 10.4. The van der Waals surface area contributed by atoms with Crippen LogP contribution in [0.2, 0.25) is 0 Å². The van der Waals surface area contributed by atoms with E-state index in [1.807, 2.05) is 20.0 Å². The SMILES string of the molecule is CC.Cc1cn[nH]c1N1CCOCC1. The van der Waals surface area contributed by atoms with E-state index in [0.29, 0.717) is 0 Å². The molecule has 0 atom stereocenters. The summed E-state index contributed by atoms with van der Waals surface area (Å²) >= 11 is 0. The van der Waals surface area contributed by atoms with Crippen molar-refractivity contribution in [2.75, 3.05) is 31.2 Å². The zero-order valence-corrected chi connectivity index (χ0v) is 9.21. The largest absolute Gasteiger partial charge is 0.378 e. The van der Waals surface area contributed by atoms with Gasteiger partial charge in [-0.2, -0.15) is 5.10 Å². The molecule has 0 saturated carbocycles. The molecule has 4 nitrogen and oxygen atoms in total. The molecule has 1 aliphatic heterocycles. The molecular weight excluding hydrogens is 178 g/mol. The average Bonchev–Trinajstić information content (AvgIpc) is 2.69. The summed E-state index contributed by atoms with van der Waals surface area (Å²) in [4.78, 5) is 2.27. The molecule has 1 N–H and O–H groups in total. The van der Waals surface area contributed by atoms with Crippen molar-refractivity contribution in [2.45, 2.75) is 20.8 Å². The summed E-state index contributed by atoms with van der Waals surface area (Å²) in [6.07, 6.45) is 1.85. The number of rotatable bonds is 1. The topological polar surface area (TPSA) is 41.2 Å². The summed E-state index contributed by atoms with van der Waals surface area (Å²) in [7, 11) is 0. The monoisotopic (exact) mass is 197 g/mol. The molecule has 2 rings (SSSR count). The Hall–Kier alpha value is -1.03. The van der Waals surface area contributed by atoms with Crippen molar-refractivity contribution in [3.8, 4) is 0 Å². The highest BCUT2D eigenvalue weighted by Crippen LogP contribution is 2.16. The quantitative estimate of drug-likeness (QED) is 0.743. The molecule has 0 radical (unpaired) electrons. The Morgan fingerprint density at radius 2 is 2.00 bits per heavy atom. The van der Waals surface area contributed by atoms with Crippen LogP contribution >= 0.6 is 0 Å². The summed E-state index contributed by atoms with van der Waals surface area (Å²) in [5.74, 6) is 1.14. The summed E-state index contributed by atoms with van der Waals surface area (Å²) in [6.45, 7) is 9.62. The van der Waals surface area contributed by atoms with E-state index in [9.17, 15) is 0 Å². The van der Waals surface area contributed by atoms with Gasteiger partial charge in [-0.1, -0.05) is 13.8 Å². The van der Waals surface area contributed by atoms with Crippen LogP contribution in [-0.2, 0) is 4.74 Å². The van der Waals surface area contributed by atoms with Crippen LogP contribution < -0.4 is 4.90 Å². The molecular formula is C10H19N3O. The van der Waals surface area contributed by atoms with E-state index >= 15 is 0 Å². The van der Waals surface area contributed by atoms with Crippen molar-refractivity contribution in [3.05, 3.63) is 11.8 Å². The van der Waals surface area contributed by atoms with Gasteiger partial charge in [0, 0.05) is 18.7 Å². The molecule has 80 valence electrons. The fourth-order valence-corrected chi connectivity index (χ4v) is 1.45. The third kappa shape index (κ3) is 2.48. The first kappa shape index (κ1) is 11.0. The number of anilines is 1. The normalized spacial score (nSPS) is 16.1. The minimum atomic E-state index is 0.818. The van der Waals surface area contributed by atoms with Gasteiger partial charge in [0.1, 0.15) is 5.82 Å². The van der Waals surface area contributed by atoms with Crippen LogP contribution in [0.1, 0.15) is 19.4 Å². The Labute approximate surface area is 85.3 Å². The smallest absolute Gasteiger partial charge is 0.127 e. The second-order valence-electron chi connectivity index (χ2n) is 3.00. The van der Waals surface area contributed by atoms with Gasteiger partial charge in [0.15, 0.2) is 0 Å². The molecule has 14 heavy (non-hydrogen) atoms. The van der Waals surface area contributed by atoms with E-state index in [-0.39, 0.29) is 0 Å². The lowest BCUT2D eigenvalue weighted by Gasteiger charge is -2.27. The van der Waals surface area contributed by atoms with E-state index in [4.69, 9.17) is 4.74 Å². The van der Waals surface area contributed by atoms with E-state index in [1.165, 1.54) is 5.56 Å². The van der Waals surface area contributed by atoms with Crippen molar-refractivity contribution in [1.82, 2.24) is 10.2 Å². The van der Waals surface area contributed by atoms with Gasteiger partial charge >= 0.3 is 0 Å². The minimum absolute atomic E-state index is 0.818. The van der Waals surface area contributed by atoms with Gasteiger partial charge in [0.05, 0.1) is 19.4 Å². The molecule has 0 amide bonds. The van der Waals surface area contributed by atoms with E-state index in [1.54, 1.807) is 0 Å². The summed E-state index contributed by atoms with van der Waals surface area (Å²) < 4.78 is 5.26. The second-order valence-corrected chi connectivity index (χ2v) is 3.00. The van der Waals surface area contributed by atoms with Crippen molar-refractivity contribution in [1.29, 1.82) is 0 Å². The minimum Gasteiger partial charge on any atom is -0.378 e. The second kappa shape index (κ2) is 5.65. The third-order valence-electron chi connectivity index (χ3n) is 2.13. The highest BCUT2D eigenvalue weighted by atomic mass is 16.5. The van der Waals surface area contributed by atoms with Gasteiger partial charge < -0.3 is 9.64 Å². The molecule has 2 heterocycles. The van der Waals surface area contributed by atoms with Gasteiger partial charge in [0.25, 0.3) is 0 Å². The van der Waals surface area contributed by atoms with Gasteiger partial charge in [0.2, 0.25) is 0 Å². The summed E-state index contributed by atoms with van der Waals surface area (Å²) in [5.41, 5.74) is 1.21. The Morgan fingerprint density at radius 3 is 2.50 bits per heavy atom. The van der Waals surface area contributed by atoms with Crippen LogP contribution in [0.15, 0.2) is 6.20 Å². The Balaban J connectivity index is 0.000000461. The molecule has 1 aromatic heterocycles. The molecule has 1 aliphatic rings. The summed E-state index contributed by atoms with van der Waals surface area (Å²) in [6, 6.07) is 0. The highest BCUT2D eigenvalue weighted by molar-refractivity contribution is 5.44. The van der Waals surface area contributed by atoms with Gasteiger partial charge in [-0.3, -0.25) is 5.10 Å². The van der Waals surface area contributed by atoms with E-state index in [2.05, 4.69) is 22.0 Å². The molecule has 0 aliphatic carbocycles. The number of aromatic amines is 1. The van der Waals surface area contributed by atoms with Crippen molar-refractivity contribution < 1.29 is 4.74 Å². The first-order chi connectivity index (χ1) is 6.88. The van der Waals surface area contributed by atoms with Crippen LogP contribution in [-0.4, -0.2) is 36.5 Å². The van der Waals surface area contributed by atoms with Crippen LogP contribution in [0.3, 0.4) is 0 Å². The standard InChI is InChI=1S/C8H13N3O.C2H6/c1-7-6-9-10-8(7)11-2-4-12-5-3-11;1-2/h6H,2-5H2,1H3,(H,9,10);1-2H3. The first-order valence-electron chi connectivity index (χ1n) is 5.20. The number of morpholine rings is 1. The fourth-order valence-electron chi connectivity index (χ4n) is 1.45. The van der Waals surface area contributed by atoms with Gasteiger partial charge in [-0.05, 0) is 6.92 Å². The van der Waals surface area contributed by atoms with Gasteiger partial charge in [-0.15, -0.1) is 0 Å². The van der Waals surface area contributed by atoms with Crippen molar-refractivity contribution >= 4 is 5.82 Å². The highest BCUT2D eigenvalue weighted by Gasteiger charge is 2.13. The lowest BCUT2D eigenvalue weighted by atomic mass is 10.3. The Kier molecular flexibility index (Phi) is 4.46. The maximum atomic E-state index is 5.26. The predicted molar refractivity (Wildman–Crippen MR) is 57.7 cm³/mol. The van der Waals surface area contributed by atoms with E-state index in [0.717, 1.165) is 32.1 Å². The van der Waals surface area contributed by atoms with Crippen LogP contribution in [0.5, 0.6) is 0 Å². The van der Waals surface area contributed by atoms with Crippen LogP contribution in [0, 0.1) is 6.92 Å². The molecule has 1 saturated heterocycles. The predicted octanol–water partition coefficient (Wildman–Crippen LogP) is 1.58. The number of aryl methyl sites for hydroxylation is 1. The molecule has 1 aromatic rings. The number of hydrogen-bond acceptors (Lipinski definition) is 3.